The zero-order chi connectivity index (χ0) is 18.8. The Morgan fingerprint density at radius 3 is 2.60 bits per heavy atom. The van der Waals surface area contributed by atoms with E-state index in [1.54, 1.807) is 6.92 Å². The summed E-state index contributed by atoms with van der Waals surface area (Å²) in [5.41, 5.74) is 6.32. The van der Waals surface area contributed by atoms with Crippen LogP contribution in [-0.2, 0) is 19.4 Å². The molecule has 1 saturated heterocycles. The van der Waals surface area contributed by atoms with Crippen LogP contribution < -0.4 is 5.73 Å². The maximum absolute atomic E-state index is 12.4. The zero-order valence-corrected chi connectivity index (χ0v) is 15.0. The van der Waals surface area contributed by atoms with Gasteiger partial charge in [-0.15, -0.1) is 0 Å². The van der Waals surface area contributed by atoms with Crippen LogP contribution in [0.25, 0.3) is 0 Å². The number of nitrogens with zero attached hydrogens (tertiary/aromatic N) is 1. The summed E-state index contributed by atoms with van der Waals surface area (Å²) in [7, 11) is -3.62. The molecule has 1 aromatic carbocycles. The first kappa shape index (κ1) is 19.0. The van der Waals surface area contributed by atoms with E-state index in [2.05, 4.69) is 0 Å². The van der Waals surface area contributed by atoms with Gasteiger partial charge in [-0.25, -0.2) is 13.2 Å². The summed E-state index contributed by atoms with van der Waals surface area (Å²) in [6.07, 6.45) is -0.963. The number of benzene rings is 1. The molecule has 1 aromatic rings. The highest BCUT2D eigenvalue weighted by molar-refractivity contribution is 7.91. The summed E-state index contributed by atoms with van der Waals surface area (Å²) >= 11 is 0. The van der Waals surface area contributed by atoms with Crippen molar-refractivity contribution in [2.45, 2.75) is 31.2 Å². The van der Waals surface area contributed by atoms with Gasteiger partial charge in [-0.2, -0.15) is 0 Å². The Morgan fingerprint density at radius 1 is 1.36 bits per heavy atom. The van der Waals surface area contributed by atoms with E-state index in [9.17, 15) is 23.1 Å². The Kier molecular flexibility index (Phi) is 5.56. The van der Waals surface area contributed by atoms with E-state index in [-0.39, 0.29) is 35.8 Å². The van der Waals surface area contributed by atoms with Gasteiger partial charge in [-0.05, 0) is 37.1 Å². The quantitative estimate of drug-likeness (QED) is 0.596. The van der Waals surface area contributed by atoms with Crippen molar-refractivity contribution >= 4 is 27.6 Å². The fourth-order valence-electron chi connectivity index (χ4n) is 3.12. The first-order valence-electron chi connectivity index (χ1n) is 8.01. The Morgan fingerprint density at radius 2 is 2.04 bits per heavy atom. The minimum atomic E-state index is -3.62. The number of ether oxygens (including phenoxy) is 1. The van der Waals surface area contributed by atoms with E-state index in [1.807, 2.05) is 0 Å². The number of nitrogens with two attached hydrogens (primary N) is 1. The molecule has 138 valence electrons. The lowest BCUT2D eigenvalue weighted by molar-refractivity contribution is -0.148. The second kappa shape index (κ2) is 7.30. The van der Waals surface area contributed by atoms with Crippen LogP contribution in [0.15, 0.2) is 23.1 Å². The van der Waals surface area contributed by atoms with E-state index >= 15 is 0 Å². The number of sulfone groups is 1. The first-order chi connectivity index (χ1) is 11.7. The molecule has 3 N–H and O–H groups in total. The summed E-state index contributed by atoms with van der Waals surface area (Å²) < 4.78 is 29.9. The first-order valence-corrected chi connectivity index (χ1v) is 9.66. The van der Waals surface area contributed by atoms with Crippen LogP contribution in [0.2, 0.25) is 0 Å². The average molecular weight is 370 g/mol. The molecule has 0 saturated carbocycles. The molecule has 0 bridgehead atoms. The number of esters is 1. The summed E-state index contributed by atoms with van der Waals surface area (Å²) in [5, 5.41) is 9.49. The molecule has 2 rings (SSSR count). The minimum absolute atomic E-state index is 0.00310. The Bertz CT molecular complexity index is 777. The van der Waals surface area contributed by atoms with Crippen LogP contribution in [-0.4, -0.2) is 49.4 Å². The van der Waals surface area contributed by atoms with E-state index < -0.39 is 33.9 Å². The Hall–Kier alpha value is -2.29. The fraction of sp³-hybridized carbons (Fsp3) is 0.500. The van der Waals surface area contributed by atoms with Gasteiger partial charge in [-0.1, -0.05) is 6.92 Å². The van der Waals surface area contributed by atoms with Crippen molar-refractivity contribution in [2.75, 3.05) is 24.6 Å². The second-order valence-electron chi connectivity index (χ2n) is 5.77. The maximum Gasteiger partial charge on any atom is 0.407 e. The molecule has 8 nitrogen and oxygen atoms in total. The van der Waals surface area contributed by atoms with Crippen molar-refractivity contribution in [3.8, 4) is 0 Å². The molecule has 0 aromatic heterocycles. The number of nitrogen functional groups attached to an aromatic ring is 1. The molecule has 1 aliphatic heterocycles. The number of rotatable bonds is 5. The number of carbonyl (C=O) groups excluding carboxylic acids is 1. The van der Waals surface area contributed by atoms with E-state index in [1.165, 1.54) is 25.1 Å². The summed E-state index contributed by atoms with van der Waals surface area (Å²) in [5.74, 6) is -1.46. The van der Waals surface area contributed by atoms with Gasteiger partial charge in [0.15, 0.2) is 9.84 Å². The highest BCUT2D eigenvalue weighted by Gasteiger charge is 2.44. The minimum Gasteiger partial charge on any atom is -0.466 e. The van der Waals surface area contributed by atoms with Crippen LogP contribution in [0, 0.1) is 5.92 Å². The standard InChI is InChI=1S/C16H22N2O6S/c1-3-24-15(19)11-7-8-18(16(20)21)14(11)12-9-10(17)5-6-13(12)25(22,23)4-2/h5-6,9,11,14H,3-4,7-8,17H2,1-2H3,(H,20,21). The van der Waals surface area contributed by atoms with Gasteiger partial charge in [0.1, 0.15) is 0 Å². The number of anilines is 1. The van der Waals surface area contributed by atoms with Gasteiger partial charge in [0.25, 0.3) is 0 Å². The average Bonchev–Trinajstić information content (AvgIpc) is 3.00. The molecular formula is C16H22N2O6S. The highest BCUT2D eigenvalue weighted by atomic mass is 32.2. The lowest BCUT2D eigenvalue weighted by Crippen LogP contribution is -2.34. The largest absolute Gasteiger partial charge is 0.466 e. The maximum atomic E-state index is 12.4. The molecule has 0 aliphatic carbocycles. The van der Waals surface area contributed by atoms with Crippen molar-refractivity contribution < 1.29 is 27.9 Å². The van der Waals surface area contributed by atoms with Crippen molar-refractivity contribution in [1.82, 2.24) is 4.90 Å². The number of carbonyl (C=O) groups is 2. The number of likely N-dealkylation sites (tertiary alicyclic amines) is 1. The molecular weight excluding hydrogens is 348 g/mol. The van der Waals surface area contributed by atoms with Gasteiger partial charge in [0.05, 0.1) is 29.2 Å². The van der Waals surface area contributed by atoms with E-state index in [0.717, 1.165) is 4.90 Å². The molecule has 1 heterocycles. The zero-order valence-electron chi connectivity index (χ0n) is 14.1. The number of hydrogen-bond donors (Lipinski definition) is 2. The predicted octanol–water partition coefficient (Wildman–Crippen LogP) is 1.67. The topological polar surface area (TPSA) is 127 Å². The molecule has 1 fully saturated rings. The van der Waals surface area contributed by atoms with Crippen molar-refractivity contribution in [3.63, 3.8) is 0 Å². The molecule has 2 unspecified atom stereocenters. The number of carboxylic acid groups (broad SMARTS) is 1. The third kappa shape index (κ3) is 3.71. The Balaban J connectivity index is 2.63. The molecule has 0 radical (unpaired) electrons. The highest BCUT2D eigenvalue weighted by Crippen LogP contribution is 2.41. The molecule has 2 atom stereocenters. The third-order valence-corrected chi connectivity index (χ3v) is 6.10. The van der Waals surface area contributed by atoms with Crippen LogP contribution in [0.5, 0.6) is 0 Å². The lowest BCUT2D eigenvalue weighted by atomic mass is 9.93. The van der Waals surface area contributed by atoms with Gasteiger partial charge < -0.3 is 20.5 Å². The Labute approximate surface area is 146 Å². The normalized spacial score (nSPS) is 20.5. The molecule has 25 heavy (non-hydrogen) atoms. The fourth-order valence-corrected chi connectivity index (χ4v) is 4.25. The van der Waals surface area contributed by atoms with Crippen LogP contribution in [0.3, 0.4) is 0 Å². The van der Waals surface area contributed by atoms with E-state index in [0.29, 0.717) is 5.69 Å². The SMILES string of the molecule is CCOC(=O)C1CCN(C(=O)O)C1c1cc(N)ccc1S(=O)(=O)CC. The smallest absolute Gasteiger partial charge is 0.407 e. The second-order valence-corrected chi connectivity index (χ2v) is 8.02. The monoisotopic (exact) mass is 370 g/mol. The van der Waals surface area contributed by atoms with Crippen LogP contribution >= 0.6 is 0 Å². The molecule has 1 amide bonds. The van der Waals surface area contributed by atoms with Gasteiger partial charge >= 0.3 is 12.1 Å². The predicted molar refractivity (Wildman–Crippen MR) is 90.8 cm³/mol. The molecule has 9 heteroatoms. The molecule has 0 spiro atoms. The van der Waals surface area contributed by atoms with Crippen LogP contribution in [0.4, 0.5) is 10.5 Å². The van der Waals surface area contributed by atoms with Crippen molar-refractivity contribution in [1.29, 1.82) is 0 Å². The van der Waals surface area contributed by atoms with Gasteiger partial charge in [0, 0.05) is 12.2 Å². The van der Waals surface area contributed by atoms with E-state index in [4.69, 9.17) is 10.5 Å². The van der Waals surface area contributed by atoms with Gasteiger partial charge in [-0.3, -0.25) is 4.79 Å². The summed E-state index contributed by atoms with van der Waals surface area (Å²) in [6.45, 7) is 3.43. The van der Waals surface area contributed by atoms with Crippen LogP contribution in [0.1, 0.15) is 31.9 Å². The number of hydrogen-bond acceptors (Lipinski definition) is 6. The number of amides is 1. The van der Waals surface area contributed by atoms with Gasteiger partial charge in [0.2, 0.25) is 0 Å². The molecule has 1 aliphatic rings. The third-order valence-electron chi connectivity index (χ3n) is 4.30. The lowest BCUT2D eigenvalue weighted by Gasteiger charge is -2.27. The summed E-state index contributed by atoms with van der Waals surface area (Å²) in [4.78, 5) is 25.0. The summed E-state index contributed by atoms with van der Waals surface area (Å²) in [6, 6.07) is 3.30. The van der Waals surface area contributed by atoms with Crippen molar-refractivity contribution in [3.05, 3.63) is 23.8 Å². The van der Waals surface area contributed by atoms with Crippen molar-refractivity contribution in [2.24, 2.45) is 5.92 Å².